The molecule has 1 heterocycles. The molecule has 0 aliphatic heterocycles. The van der Waals surface area contributed by atoms with Gasteiger partial charge in [0.2, 0.25) is 0 Å². The summed E-state index contributed by atoms with van der Waals surface area (Å²) in [4.78, 5) is 34.8. The molecule has 7 nitrogen and oxygen atoms in total. The fraction of sp³-hybridized carbons (Fsp3) is 0.111. The number of ether oxygens (including phenoxy) is 1. The maximum absolute atomic E-state index is 13.6. The highest BCUT2D eigenvalue weighted by Crippen LogP contribution is 2.29. The zero-order chi connectivity index (χ0) is 20.4. The lowest BCUT2D eigenvalue weighted by Gasteiger charge is -2.13. The molecule has 0 saturated carbocycles. The number of nitrogens with zero attached hydrogens (tertiary/aromatic N) is 1. The van der Waals surface area contributed by atoms with E-state index in [1.807, 2.05) is 0 Å². The first-order valence-corrected chi connectivity index (χ1v) is 8.71. The standard InChI is InChI=1S/C18H12F2N2O5S/c1-9(17(23)21-14-4-2-11(19)8-13(14)20)27-18(24)16-7-10-6-12(22(25)26)3-5-15(10)28-16/h2-9H,1H3,(H,21,23)/t9-/m1/s1. The van der Waals surface area contributed by atoms with Crippen molar-refractivity contribution in [2.45, 2.75) is 13.0 Å². The van der Waals surface area contributed by atoms with E-state index in [1.54, 1.807) is 0 Å². The average Bonchev–Trinajstić information content (AvgIpc) is 3.07. The number of nitrogens with one attached hydrogen (secondary N) is 1. The quantitative estimate of drug-likeness (QED) is 0.388. The first-order chi connectivity index (χ1) is 13.2. The first kappa shape index (κ1) is 19.4. The topological polar surface area (TPSA) is 98.5 Å². The Hall–Kier alpha value is -3.40. The molecule has 3 aromatic rings. The van der Waals surface area contributed by atoms with E-state index in [2.05, 4.69) is 5.32 Å². The lowest BCUT2D eigenvalue weighted by Crippen LogP contribution is -2.30. The lowest BCUT2D eigenvalue weighted by molar-refractivity contribution is -0.384. The Morgan fingerprint density at radius 1 is 1.18 bits per heavy atom. The van der Waals surface area contributed by atoms with Crippen LogP contribution in [-0.4, -0.2) is 22.9 Å². The molecule has 144 valence electrons. The van der Waals surface area contributed by atoms with Gasteiger partial charge in [-0.1, -0.05) is 0 Å². The fourth-order valence-electron chi connectivity index (χ4n) is 2.34. The molecule has 3 rings (SSSR count). The summed E-state index contributed by atoms with van der Waals surface area (Å²) >= 11 is 1.06. The largest absolute Gasteiger partial charge is 0.448 e. The maximum atomic E-state index is 13.6. The molecule has 0 aliphatic rings. The zero-order valence-electron chi connectivity index (χ0n) is 14.3. The Bertz CT molecular complexity index is 1100. The molecule has 2 aromatic carbocycles. The van der Waals surface area contributed by atoms with E-state index in [1.165, 1.54) is 31.2 Å². The van der Waals surface area contributed by atoms with Crippen molar-refractivity contribution < 1.29 is 28.0 Å². The number of nitro groups is 1. The highest BCUT2D eigenvalue weighted by Gasteiger charge is 2.22. The van der Waals surface area contributed by atoms with E-state index in [4.69, 9.17) is 4.74 Å². The van der Waals surface area contributed by atoms with Gasteiger partial charge in [-0.05, 0) is 31.2 Å². The van der Waals surface area contributed by atoms with Crippen molar-refractivity contribution in [1.82, 2.24) is 0 Å². The molecule has 1 atom stereocenters. The number of hydrogen-bond acceptors (Lipinski definition) is 6. The summed E-state index contributed by atoms with van der Waals surface area (Å²) in [5, 5.41) is 13.5. The van der Waals surface area contributed by atoms with E-state index in [0.29, 0.717) is 16.2 Å². The normalized spacial score (nSPS) is 11.8. The molecule has 1 N–H and O–H groups in total. The first-order valence-electron chi connectivity index (χ1n) is 7.89. The number of thiophene rings is 1. The number of hydrogen-bond donors (Lipinski definition) is 1. The Kier molecular flexibility index (Phi) is 5.32. The third-order valence-corrected chi connectivity index (χ3v) is 4.85. The summed E-state index contributed by atoms with van der Waals surface area (Å²) in [6.07, 6.45) is -1.25. The molecular formula is C18H12F2N2O5S. The van der Waals surface area contributed by atoms with E-state index < -0.39 is 34.5 Å². The van der Waals surface area contributed by atoms with Gasteiger partial charge in [-0.25, -0.2) is 13.6 Å². The second kappa shape index (κ2) is 7.69. The second-order valence-corrected chi connectivity index (χ2v) is 6.83. The molecule has 28 heavy (non-hydrogen) atoms. The molecule has 0 aliphatic carbocycles. The second-order valence-electron chi connectivity index (χ2n) is 5.75. The van der Waals surface area contributed by atoms with Gasteiger partial charge in [0, 0.05) is 28.3 Å². The summed E-state index contributed by atoms with van der Waals surface area (Å²) in [6, 6.07) is 8.24. The number of halogens is 2. The van der Waals surface area contributed by atoms with E-state index in [-0.39, 0.29) is 16.3 Å². The third-order valence-electron chi connectivity index (χ3n) is 3.75. The lowest BCUT2D eigenvalue weighted by atomic mass is 10.2. The number of carbonyl (C=O) groups is 2. The number of carbonyl (C=O) groups excluding carboxylic acids is 2. The molecule has 1 amide bonds. The smallest absolute Gasteiger partial charge is 0.349 e. The molecule has 10 heteroatoms. The number of benzene rings is 2. The fourth-order valence-corrected chi connectivity index (χ4v) is 3.27. The molecule has 0 unspecified atom stereocenters. The average molecular weight is 406 g/mol. The molecule has 1 aromatic heterocycles. The van der Waals surface area contributed by atoms with Crippen LogP contribution in [0.15, 0.2) is 42.5 Å². The van der Waals surface area contributed by atoms with Crippen LogP contribution in [0.25, 0.3) is 10.1 Å². The van der Waals surface area contributed by atoms with Crippen LogP contribution < -0.4 is 5.32 Å². The Labute approximate surface area is 160 Å². The Morgan fingerprint density at radius 2 is 1.93 bits per heavy atom. The van der Waals surface area contributed by atoms with Crippen molar-refractivity contribution >= 4 is 44.7 Å². The van der Waals surface area contributed by atoms with Crippen molar-refractivity contribution in [3.63, 3.8) is 0 Å². The highest BCUT2D eigenvalue weighted by atomic mass is 32.1. The van der Waals surface area contributed by atoms with Crippen molar-refractivity contribution in [2.75, 3.05) is 5.32 Å². The van der Waals surface area contributed by atoms with Crippen molar-refractivity contribution in [3.05, 3.63) is 69.1 Å². The van der Waals surface area contributed by atoms with Gasteiger partial charge in [0.15, 0.2) is 6.10 Å². The number of nitro benzene ring substituents is 1. The van der Waals surface area contributed by atoms with E-state index in [9.17, 15) is 28.5 Å². The number of fused-ring (bicyclic) bond motifs is 1. The van der Waals surface area contributed by atoms with Crippen LogP contribution >= 0.6 is 11.3 Å². The number of amides is 1. The summed E-state index contributed by atoms with van der Waals surface area (Å²) in [5.41, 5.74) is -0.359. The van der Waals surface area contributed by atoms with Gasteiger partial charge >= 0.3 is 5.97 Å². The molecule has 0 bridgehead atoms. The predicted molar refractivity (Wildman–Crippen MR) is 98.3 cm³/mol. The van der Waals surface area contributed by atoms with Gasteiger partial charge in [-0.15, -0.1) is 11.3 Å². The number of anilines is 1. The number of non-ortho nitro benzene ring substituents is 1. The van der Waals surface area contributed by atoms with E-state index >= 15 is 0 Å². The molecule has 0 fully saturated rings. The van der Waals surface area contributed by atoms with Gasteiger partial charge < -0.3 is 10.1 Å². The monoisotopic (exact) mass is 406 g/mol. The van der Waals surface area contributed by atoms with Crippen molar-refractivity contribution in [2.24, 2.45) is 0 Å². The molecular weight excluding hydrogens is 394 g/mol. The van der Waals surface area contributed by atoms with Crippen LogP contribution in [0.3, 0.4) is 0 Å². The van der Waals surface area contributed by atoms with Crippen LogP contribution in [0.4, 0.5) is 20.2 Å². The number of rotatable bonds is 5. The number of esters is 1. The molecule has 0 spiro atoms. The summed E-state index contributed by atoms with van der Waals surface area (Å²) in [7, 11) is 0. The van der Waals surface area contributed by atoms with Gasteiger partial charge in [-0.2, -0.15) is 0 Å². The van der Waals surface area contributed by atoms with Gasteiger partial charge in [0.25, 0.3) is 11.6 Å². The highest BCUT2D eigenvalue weighted by molar-refractivity contribution is 7.20. The van der Waals surface area contributed by atoms with Crippen LogP contribution in [0, 0.1) is 21.7 Å². The summed E-state index contributed by atoms with van der Waals surface area (Å²) < 4.78 is 32.2. The minimum atomic E-state index is -1.25. The zero-order valence-corrected chi connectivity index (χ0v) is 15.1. The van der Waals surface area contributed by atoms with Crippen LogP contribution in [0.2, 0.25) is 0 Å². The van der Waals surface area contributed by atoms with E-state index in [0.717, 1.165) is 23.5 Å². The van der Waals surface area contributed by atoms with Crippen LogP contribution in [0.5, 0.6) is 0 Å². The van der Waals surface area contributed by atoms with Crippen molar-refractivity contribution in [3.8, 4) is 0 Å². The Morgan fingerprint density at radius 3 is 2.61 bits per heavy atom. The molecule has 0 saturated heterocycles. The minimum absolute atomic E-state index is 0.112. The molecule has 0 radical (unpaired) electrons. The van der Waals surface area contributed by atoms with Gasteiger partial charge in [0.05, 0.1) is 10.6 Å². The summed E-state index contributed by atoms with van der Waals surface area (Å²) in [6.45, 7) is 1.30. The maximum Gasteiger partial charge on any atom is 0.349 e. The van der Waals surface area contributed by atoms with Crippen LogP contribution in [-0.2, 0) is 9.53 Å². The van der Waals surface area contributed by atoms with Gasteiger partial charge in [-0.3, -0.25) is 14.9 Å². The van der Waals surface area contributed by atoms with Crippen LogP contribution in [0.1, 0.15) is 16.6 Å². The van der Waals surface area contributed by atoms with Crippen molar-refractivity contribution in [1.29, 1.82) is 0 Å². The summed E-state index contributed by atoms with van der Waals surface area (Å²) in [5.74, 6) is -3.35. The van der Waals surface area contributed by atoms with Gasteiger partial charge in [0.1, 0.15) is 16.5 Å². The third kappa shape index (κ3) is 4.12. The minimum Gasteiger partial charge on any atom is -0.448 e. The predicted octanol–water partition coefficient (Wildman–Crippen LogP) is 4.27. The SMILES string of the molecule is C[C@@H](OC(=O)c1cc2cc([N+](=O)[O-])ccc2s1)C(=O)Nc1ccc(F)cc1F. The Balaban J connectivity index is 1.70.